The lowest BCUT2D eigenvalue weighted by Crippen LogP contribution is -2.32. The third kappa shape index (κ3) is 1.72. The minimum Gasteiger partial charge on any atom is -0.373 e. The zero-order valence-corrected chi connectivity index (χ0v) is 11.8. The highest BCUT2D eigenvalue weighted by Gasteiger charge is 2.60. The van der Waals surface area contributed by atoms with Gasteiger partial charge in [-0.2, -0.15) is 0 Å². The molecule has 2 aliphatic carbocycles. The molecule has 0 aromatic heterocycles. The van der Waals surface area contributed by atoms with Crippen molar-refractivity contribution in [3.8, 4) is 0 Å². The molecular weight excluding hydrogens is 220 g/mol. The van der Waals surface area contributed by atoms with Crippen molar-refractivity contribution in [3.05, 3.63) is 35.9 Å². The molecule has 1 unspecified atom stereocenters. The molecule has 2 aliphatic rings. The molecular formula is C17H24O. The van der Waals surface area contributed by atoms with Crippen molar-refractivity contribution in [2.24, 2.45) is 16.7 Å². The summed E-state index contributed by atoms with van der Waals surface area (Å²) < 4.78 is 6.26. The summed E-state index contributed by atoms with van der Waals surface area (Å²) in [5.41, 5.74) is 2.22. The molecule has 1 aromatic rings. The summed E-state index contributed by atoms with van der Waals surface area (Å²) in [4.78, 5) is 0. The summed E-state index contributed by atoms with van der Waals surface area (Å²) in [6.45, 7) is 8.09. The molecule has 2 bridgehead atoms. The Bertz CT molecular complexity index is 426. The molecule has 1 aromatic carbocycles. The van der Waals surface area contributed by atoms with Crippen LogP contribution in [0.2, 0.25) is 0 Å². The first-order valence-electron chi connectivity index (χ1n) is 7.20. The van der Waals surface area contributed by atoms with Gasteiger partial charge in [-0.15, -0.1) is 0 Å². The van der Waals surface area contributed by atoms with E-state index in [-0.39, 0.29) is 0 Å². The van der Waals surface area contributed by atoms with Gasteiger partial charge in [0.05, 0.1) is 12.7 Å². The maximum Gasteiger partial charge on any atom is 0.0720 e. The van der Waals surface area contributed by atoms with Gasteiger partial charge in [0.15, 0.2) is 0 Å². The van der Waals surface area contributed by atoms with Gasteiger partial charge in [-0.1, -0.05) is 51.1 Å². The molecule has 1 nitrogen and oxygen atoms in total. The molecule has 0 radical (unpaired) electrons. The van der Waals surface area contributed by atoms with Crippen molar-refractivity contribution in [2.75, 3.05) is 0 Å². The van der Waals surface area contributed by atoms with E-state index in [1.54, 1.807) is 0 Å². The maximum atomic E-state index is 6.26. The highest BCUT2D eigenvalue weighted by Crippen LogP contribution is 2.65. The van der Waals surface area contributed by atoms with E-state index in [0.29, 0.717) is 16.9 Å². The number of rotatable bonds is 3. The van der Waals surface area contributed by atoms with Gasteiger partial charge in [0.2, 0.25) is 0 Å². The molecule has 0 amide bonds. The minimum atomic E-state index is 0.406. The van der Waals surface area contributed by atoms with Gasteiger partial charge in [0.1, 0.15) is 0 Å². The second-order valence-corrected chi connectivity index (χ2v) is 6.87. The van der Waals surface area contributed by atoms with Crippen LogP contribution in [-0.2, 0) is 11.3 Å². The highest BCUT2D eigenvalue weighted by atomic mass is 16.5. The Kier molecular flexibility index (Phi) is 2.78. The average Bonchev–Trinajstić information content (AvgIpc) is 2.72. The lowest BCUT2D eigenvalue weighted by molar-refractivity contribution is -0.0425. The van der Waals surface area contributed by atoms with Gasteiger partial charge in [0.25, 0.3) is 0 Å². The smallest absolute Gasteiger partial charge is 0.0720 e. The standard InChI is InChI=1S/C17H24O/c1-13-16(2)9-10-17(13,3)15(11-16)18-12-14-7-5-4-6-8-14/h4-8,13,15H,9-12H2,1-3H3/t13?,15-,16-,17-/m0/s1. The highest BCUT2D eigenvalue weighted by molar-refractivity contribution is 5.14. The van der Waals surface area contributed by atoms with E-state index in [1.807, 2.05) is 0 Å². The van der Waals surface area contributed by atoms with Gasteiger partial charge in [-0.05, 0) is 41.6 Å². The Morgan fingerprint density at radius 2 is 1.89 bits per heavy atom. The van der Waals surface area contributed by atoms with Crippen LogP contribution in [-0.4, -0.2) is 6.10 Å². The van der Waals surface area contributed by atoms with Crippen molar-refractivity contribution in [1.29, 1.82) is 0 Å². The molecule has 98 valence electrons. The fourth-order valence-electron chi connectivity index (χ4n) is 4.18. The second kappa shape index (κ2) is 4.09. The minimum absolute atomic E-state index is 0.406. The summed E-state index contributed by atoms with van der Waals surface area (Å²) in [5.74, 6) is 0.797. The zero-order chi connectivity index (χ0) is 12.8. The van der Waals surface area contributed by atoms with Crippen molar-refractivity contribution < 1.29 is 4.74 Å². The van der Waals surface area contributed by atoms with Gasteiger partial charge in [0, 0.05) is 0 Å². The topological polar surface area (TPSA) is 9.23 Å². The maximum absolute atomic E-state index is 6.26. The van der Waals surface area contributed by atoms with Crippen LogP contribution < -0.4 is 0 Å². The van der Waals surface area contributed by atoms with Gasteiger partial charge >= 0.3 is 0 Å². The summed E-state index contributed by atoms with van der Waals surface area (Å²) in [7, 11) is 0. The van der Waals surface area contributed by atoms with Crippen LogP contribution >= 0.6 is 0 Å². The van der Waals surface area contributed by atoms with E-state index >= 15 is 0 Å². The number of fused-ring (bicyclic) bond motifs is 2. The quantitative estimate of drug-likeness (QED) is 0.765. The van der Waals surface area contributed by atoms with E-state index in [2.05, 4.69) is 51.1 Å². The van der Waals surface area contributed by atoms with Crippen LogP contribution in [0.1, 0.15) is 45.6 Å². The molecule has 0 N–H and O–H groups in total. The van der Waals surface area contributed by atoms with E-state index in [4.69, 9.17) is 4.74 Å². The Hall–Kier alpha value is -0.820. The van der Waals surface area contributed by atoms with Crippen molar-refractivity contribution in [3.63, 3.8) is 0 Å². The number of hydrogen-bond donors (Lipinski definition) is 0. The fraction of sp³-hybridized carbons (Fsp3) is 0.647. The lowest BCUT2D eigenvalue weighted by atomic mass is 9.79. The predicted octanol–water partition coefficient (Wildman–Crippen LogP) is 4.42. The lowest BCUT2D eigenvalue weighted by Gasteiger charge is -2.33. The first-order chi connectivity index (χ1) is 8.55. The van der Waals surface area contributed by atoms with E-state index in [0.717, 1.165) is 12.5 Å². The van der Waals surface area contributed by atoms with E-state index in [9.17, 15) is 0 Å². The number of ether oxygens (including phenoxy) is 1. The number of hydrogen-bond acceptors (Lipinski definition) is 1. The molecule has 3 rings (SSSR count). The van der Waals surface area contributed by atoms with Crippen molar-refractivity contribution in [2.45, 2.75) is 52.7 Å². The summed E-state index contributed by atoms with van der Waals surface area (Å²) in [6, 6.07) is 10.5. The Morgan fingerprint density at radius 1 is 1.17 bits per heavy atom. The SMILES string of the molecule is CC1[C@@]2(C)CC[C@]1(C)[C@@H](OCc1ccccc1)C2. The molecule has 1 heteroatoms. The Balaban J connectivity index is 1.69. The normalized spacial score (nSPS) is 42.4. The van der Waals surface area contributed by atoms with E-state index < -0.39 is 0 Å². The first-order valence-corrected chi connectivity index (χ1v) is 7.20. The first kappa shape index (κ1) is 12.2. The fourth-order valence-corrected chi connectivity index (χ4v) is 4.18. The third-order valence-corrected chi connectivity index (χ3v) is 5.95. The van der Waals surface area contributed by atoms with Crippen LogP contribution in [0.3, 0.4) is 0 Å². The van der Waals surface area contributed by atoms with Crippen LogP contribution in [0.25, 0.3) is 0 Å². The molecule has 18 heavy (non-hydrogen) atoms. The second-order valence-electron chi connectivity index (χ2n) is 6.87. The zero-order valence-electron chi connectivity index (χ0n) is 11.8. The molecule has 4 atom stereocenters. The van der Waals surface area contributed by atoms with Crippen LogP contribution in [0, 0.1) is 16.7 Å². The van der Waals surface area contributed by atoms with Gasteiger partial charge < -0.3 is 4.74 Å². The van der Waals surface area contributed by atoms with Crippen LogP contribution in [0.4, 0.5) is 0 Å². The largest absolute Gasteiger partial charge is 0.373 e. The van der Waals surface area contributed by atoms with Gasteiger partial charge in [-0.25, -0.2) is 0 Å². The van der Waals surface area contributed by atoms with Gasteiger partial charge in [-0.3, -0.25) is 0 Å². The average molecular weight is 244 g/mol. The summed E-state index contributed by atoms with van der Waals surface area (Å²) in [6.07, 6.45) is 4.42. The summed E-state index contributed by atoms with van der Waals surface area (Å²) in [5, 5.41) is 0. The molecule has 0 spiro atoms. The molecule has 2 saturated carbocycles. The van der Waals surface area contributed by atoms with Crippen LogP contribution in [0.5, 0.6) is 0 Å². The molecule has 2 fully saturated rings. The molecule has 0 heterocycles. The summed E-state index contributed by atoms with van der Waals surface area (Å²) >= 11 is 0. The molecule has 0 saturated heterocycles. The monoisotopic (exact) mass is 244 g/mol. The predicted molar refractivity (Wildman–Crippen MR) is 74.2 cm³/mol. The van der Waals surface area contributed by atoms with Crippen LogP contribution in [0.15, 0.2) is 30.3 Å². The van der Waals surface area contributed by atoms with E-state index in [1.165, 1.54) is 24.8 Å². The van der Waals surface area contributed by atoms with Crippen molar-refractivity contribution >= 4 is 0 Å². The number of benzene rings is 1. The third-order valence-electron chi connectivity index (χ3n) is 5.95. The van der Waals surface area contributed by atoms with Crippen molar-refractivity contribution in [1.82, 2.24) is 0 Å². The Labute approximate surface area is 111 Å². The Morgan fingerprint density at radius 3 is 2.44 bits per heavy atom. The molecule has 0 aliphatic heterocycles.